The molecule has 4 nitrogen and oxygen atoms in total. The molecule has 0 bridgehead atoms. The zero-order valence-electron chi connectivity index (χ0n) is 13.6. The van der Waals surface area contributed by atoms with Gasteiger partial charge in [-0.3, -0.25) is 4.79 Å². The predicted molar refractivity (Wildman–Crippen MR) is 93.9 cm³/mol. The maximum absolute atomic E-state index is 13.0. The second-order valence-corrected chi connectivity index (χ2v) is 7.37. The Morgan fingerprint density at radius 3 is 3.00 bits per heavy atom. The number of piperidine rings is 1. The summed E-state index contributed by atoms with van der Waals surface area (Å²) in [6, 6.07) is 10.1. The van der Waals surface area contributed by atoms with E-state index in [9.17, 15) is 4.79 Å². The summed E-state index contributed by atoms with van der Waals surface area (Å²) >= 11 is 1.80. The van der Waals surface area contributed by atoms with Crippen molar-refractivity contribution in [1.82, 2.24) is 4.90 Å². The van der Waals surface area contributed by atoms with Gasteiger partial charge in [0.05, 0.1) is 0 Å². The van der Waals surface area contributed by atoms with Gasteiger partial charge >= 0.3 is 0 Å². The van der Waals surface area contributed by atoms with Crippen LogP contribution in [0.15, 0.2) is 35.7 Å². The Bertz CT molecular complexity index is 713. The smallest absolute Gasteiger partial charge is 0.254 e. The molecular weight excluding hydrogens is 322 g/mol. The van der Waals surface area contributed by atoms with Crippen LogP contribution in [0, 0.1) is 0 Å². The Labute approximate surface area is 146 Å². The Morgan fingerprint density at radius 1 is 1.21 bits per heavy atom. The fourth-order valence-corrected chi connectivity index (χ4v) is 4.25. The van der Waals surface area contributed by atoms with E-state index in [-0.39, 0.29) is 12.7 Å². The minimum Gasteiger partial charge on any atom is -0.454 e. The van der Waals surface area contributed by atoms with E-state index in [1.807, 2.05) is 18.2 Å². The van der Waals surface area contributed by atoms with Crippen LogP contribution in [0.25, 0.3) is 0 Å². The highest BCUT2D eigenvalue weighted by molar-refractivity contribution is 7.09. The van der Waals surface area contributed by atoms with Crippen molar-refractivity contribution < 1.29 is 14.3 Å². The van der Waals surface area contributed by atoms with Gasteiger partial charge in [0, 0.05) is 23.0 Å². The summed E-state index contributed by atoms with van der Waals surface area (Å²) in [4.78, 5) is 16.5. The van der Waals surface area contributed by atoms with Gasteiger partial charge in [0.1, 0.15) is 0 Å². The van der Waals surface area contributed by atoms with Crippen LogP contribution < -0.4 is 9.47 Å². The standard InChI is InChI=1S/C19H21NO3S/c21-19(14-6-9-17-18(12-14)23-13-22-17)20-10-2-1-4-15(20)7-8-16-5-3-11-24-16/h3,5-6,9,11-12,15H,1-2,4,7-8,10,13H2. The highest BCUT2D eigenvalue weighted by Crippen LogP contribution is 2.33. The topological polar surface area (TPSA) is 38.8 Å². The zero-order valence-corrected chi connectivity index (χ0v) is 14.4. The third kappa shape index (κ3) is 3.13. The Kier molecular flexibility index (Phi) is 4.43. The highest BCUT2D eigenvalue weighted by atomic mass is 32.1. The van der Waals surface area contributed by atoms with Crippen LogP contribution in [-0.4, -0.2) is 30.2 Å². The maximum atomic E-state index is 13.0. The molecule has 1 amide bonds. The van der Waals surface area contributed by atoms with Crippen LogP contribution in [0.4, 0.5) is 0 Å². The van der Waals surface area contributed by atoms with Gasteiger partial charge in [-0.15, -0.1) is 11.3 Å². The number of likely N-dealkylation sites (tertiary alicyclic amines) is 1. The number of fused-ring (bicyclic) bond motifs is 1. The van der Waals surface area contributed by atoms with Crippen molar-refractivity contribution in [2.75, 3.05) is 13.3 Å². The Hall–Kier alpha value is -2.01. The number of ether oxygens (including phenoxy) is 2. The largest absolute Gasteiger partial charge is 0.454 e. The normalized spacial score (nSPS) is 19.5. The van der Waals surface area contributed by atoms with E-state index >= 15 is 0 Å². The molecule has 3 heterocycles. The SMILES string of the molecule is O=C(c1ccc2c(c1)OCO2)N1CCCCC1CCc1cccs1. The fraction of sp³-hybridized carbons (Fsp3) is 0.421. The first-order valence-corrected chi connectivity index (χ1v) is 9.42. The van der Waals surface area contributed by atoms with Crippen molar-refractivity contribution in [2.45, 2.75) is 38.1 Å². The van der Waals surface area contributed by atoms with Crippen molar-refractivity contribution in [2.24, 2.45) is 0 Å². The minimum atomic E-state index is 0.115. The van der Waals surface area contributed by atoms with Gasteiger partial charge in [-0.1, -0.05) is 6.07 Å². The predicted octanol–water partition coefficient (Wildman–Crippen LogP) is 4.10. The number of nitrogens with zero attached hydrogens (tertiary/aromatic N) is 1. The molecule has 0 spiro atoms. The molecule has 0 N–H and O–H groups in total. The van der Waals surface area contributed by atoms with E-state index in [0.29, 0.717) is 17.4 Å². The summed E-state index contributed by atoms with van der Waals surface area (Å²) in [5.74, 6) is 1.51. The van der Waals surface area contributed by atoms with Gasteiger partial charge in [0.15, 0.2) is 11.5 Å². The van der Waals surface area contributed by atoms with Crippen molar-refractivity contribution in [3.63, 3.8) is 0 Å². The van der Waals surface area contributed by atoms with Crippen molar-refractivity contribution >= 4 is 17.2 Å². The van der Waals surface area contributed by atoms with Crippen molar-refractivity contribution in [3.05, 3.63) is 46.2 Å². The third-order valence-corrected chi connectivity index (χ3v) is 5.75. The van der Waals surface area contributed by atoms with E-state index in [2.05, 4.69) is 22.4 Å². The number of benzene rings is 1. The average Bonchev–Trinajstić information content (AvgIpc) is 3.30. The molecule has 5 heteroatoms. The van der Waals surface area contributed by atoms with E-state index in [1.54, 1.807) is 11.3 Å². The van der Waals surface area contributed by atoms with Gasteiger partial charge in [-0.05, 0) is 61.7 Å². The van der Waals surface area contributed by atoms with Crippen LogP contribution in [0.2, 0.25) is 0 Å². The molecule has 1 aromatic carbocycles. The Balaban J connectivity index is 1.48. The van der Waals surface area contributed by atoms with Gasteiger partial charge in [0.2, 0.25) is 6.79 Å². The molecule has 2 aliphatic heterocycles. The summed E-state index contributed by atoms with van der Waals surface area (Å²) in [5, 5.41) is 2.12. The quantitative estimate of drug-likeness (QED) is 0.839. The maximum Gasteiger partial charge on any atom is 0.254 e. The number of carbonyl (C=O) groups is 1. The fourth-order valence-electron chi connectivity index (χ4n) is 3.53. The summed E-state index contributed by atoms with van der Waals surface area (Å²) in [6.45, 7) is 1.09. The minimum absolute atomic E-state index is 0.115. The number of carbonyl (C=O) groups excluding carboxylic acids is 1. The summed E-state index contributed by atoms with van der Waals surface area (Å²) in [6.07, 6.45) is 5.48. The molecule has 2 aromatic rings. The third-order valence-electron chi connectivity index (χ3n) is 4.81. The van der Waals surface area contributed by atoms with Gasteiger partial charge in [-0.25, -0.2) is 0 Å². The monoisotopic (exact) mass is 343 g/mol. The van der Waals surface area contributed by atoms with E-state index < -0.39 is 0 Å². The second kappa shape index (κ2) is 6.85. The number of thiophene rings is 1. The van der Waals surface area contributed by atoms with Crippen LogP contribution in [0.3, 0.4) is 0 Å². The van der Waals surface area contributed by atoms with Crippen molar-refractivity contribution in [3.8, 4) is 11.5 Å². The Morgan fingerprint density at radius 2 is 2.12 bits per heavy atom. The lowest BCUT2D eigenvalue weighted by atomic mass is 9.96. The first-order valence-electron chi connectivity index (χ1n) is 8.54. The molecule has 1 saturated heterocycles. The summed E-state index contributed by atoms with van der Waals surface area (Å²) < 4.78 is 10.7. The number of rotatable bonds is 4. The number of aryl methyl sites for hydroxylation is 1. The first-order chi connectivity index (χ1) is 11.8. The zero-order chi connectivity index (χ0) is 16.4. The molecule has 1 fully saturated rings. The van der Waals surface area contributed by atoms with Gasteiger partial charge < -0.3 is 14.4 Å². The molecule has 0 saturated carbocycles. The lowest BCUT2D eigenvalue weighted by Crippen LogP contribution is -2.43. The van der Waals surface area contributed by atoms with Crippen LogP contribution in [-0.2, 0) is 6.42 Å². The van der Waals surface area contributed by atoms with E-state index in [0.717, 1.165) is 38.0 Å². The summed E-state index contributed by atoms with van der Waals surface area (Å²) in [7, 11) is 0. The number of hydrogen-bond donors (Lipinski definition) is 0. The highest BCUT2D eigenvalue weighted by Gasteiger charge is 2.28. The van der Waals surface area contributed by atoms with Crippen molar-refractivity contribution in [1.29, 1.82) is 0 Å². The van der Waals surface area contributed by atoms with E-state index in [4.69, 9.17) is 9.47 Å². The molecule has 1 aromatic heterocycles. The number of amides is 1. The van der Waals surface area contributed by atoms with Crippen LogP contribution in [0.5, 0.6) is 11.5 Å². The molecule has 1 atom stereocenters. The second-order valence-electron chi connectivity index (χ2n) is 6.33. The van der Waals surface area contributed by atoms with Gasteiger partial charge in [0.25, 0.3) is 5.91 Å². The molecule has 126 valence electrons. The average molecular weight is 343 g/mol. The molecular formula is C19H21NO3S. The molecule has 4 rings (SSSR count). The molecule has 1 unspecified atom stereocenters. The van der Waals surface area contributed by atoms with Crippen LogP contribution >= 0.6 is 11.3 Å². The molecule has 0 radical (unpaired) electrons. The van der Waals surface area contributed by atoms with Crippen LogP contribution in [0.1, 0.15) is 40.9 Å². The lowest BCUT2D eigenvalue weighted by molar-refractivity contribution is 0.0602. The van der Waals surface area contributed by atoms with E-state index in [1.165, 1.54) is 11.3 Å². The first kappa shape index (κ1) is 15.5. The van der Waals surface area contributed by atoms with Gasteiger partial charge in [-0.2, -0.15) is 0 Å². The molecule has 24 heavy (non-hydrogen) atoms. The molecule has 0 aliphatic carbocycles. The lowest BCUT2D eigenvalue weighted by Gasteiger charge is -2.36. The number of hydrogen-bond acceptors (Lipinski definition) is 4. The molecule has 2 aliphatic rings. The summed E-state index contributed by atoms with van der Waals surface area (Å²) in [5.41, 5.74) is 0.697.